The Hall–Kier alpha value is -3.87. The van der Waals surface area contributed by atoms with Crippen molar-refractivity contribution < 1.29 is 64.6 Å². The molecule has 0 aliphatic carbocycles. The fourth-order valence-electron chi connectivity index (χ4n) is 12.3. The van der Waals surface area contributed by atoms with Crippen molar-refractivity contribution in [2.75, 3.05) is 19.8 Å². The van der Waals surface area contributed by atoms with Crippen LogP contribution in [0, 0.1) is 0 Å². The smallest absolute Gasteiger partial charge is 0.220 e. The van der Waals surface area contributed by atoms with Crippen LogP contribution in [0.15, 0.2) is 134 Å². The summed E-state index contributed by atoms with van der Waals surface area (Å²) in [5.74, 6) is -0.266. The summed E-state index contributed by atoms with van der Waals surface area (Å²) < 4.78 is 22.9. The van der Waals surface area contributed by atoms with Gasteiger partial charge in [0.05, 0.1) is 32.0 Å². The maximum atomic E-state index is 13.4. The lowest BCUT2D eigenvalue weighted by molar-refractivity contribution is -0.359. The summed E-state index contributed by atoms with van der Waals surface area (Å²) in [6.07, 6.45) is 83.7. The van der Waals surface area contributed by atoms with Crippen LogP contribution < -0.4 is 5.32 Å². The first-order valence-electron chi connectivity index (χ1n) is 39.9. The molecule has 2 saturated heterocycles. The van der Waals surface area contributed by atoms with Gasteiger partial charge in [0.25, 0.3) is 0 Å². The molecule has 0 spiro atoms. The summed E-state index contributed by atoms with van der Waals surface area (Å²) in [6, 6.07) is -0.941. The number of unbranched alkanes of at least 4 members (excludes halogenated alkanes) is 32. The van der Waals surface area contributed by atoms with Gasteiger partial charge in [0.15, 0.2) is 12.6 Å². The van der Waals surface area contributed by atoms with E-state index in [0.29, 0.717) is 6.42 Å². The predicted octanol–water partition coefficient (Wildman–Crippen LogP) is 18.2. The molecule has 2 heterocycles. The second kappa shape index (κ2) is 67.3. The van der Waals surface area contributed by atoms with Crippen LogP contribution in [0.25, 0.3) is 0 Å². The zero-order chi connectivity index (χ0) is 71.5. The SMILES string of the molecule is CC/C=C\C/C=C\C/C=C\C/C=C\C/C=C\C/C=C\C/C=C\C/C=C\C/C=C\C/C=C\CCCCCCC(=O)NC(COC1OC(CO)C(OC2OC(CO)C(O)C(O)C2O)C(O)C1O)C(O)/C=C/CCCCCCCCCCCCCCCCCCCCCCCCCCCCCC. The third-order valence-corrected chi connectivity index (χ3v) is 18.6. The molecule has 2 rings (SSSR count). The van der Waals surface area contributed by atoms with Crippen LogP contribution in [0.3, 0.4) is 0 Å². The summed E-state index contributed by atoms with van der Waals surface area (Å²) in [6.45, 7) is 2.69. The number of nitrogens with one attached hydrogen (secondary N) is 1. The molecule has 2 fully saturated rings. The van der Waals surface area contributed by atoms with Crippen molar-refractivity contribution in [1.29, 1.82) is 0 Å². The van der Waals surface area contributed by atoms with E-state index < -0.39 is 86.8 Å². The van der Waals surface area contributed by atoms with E-state index in [0.717, 1.165) is 109 Å². The van der Waals surface area contributed by atoms with Crippen molar-refractivity contribution >= 4 is 5.91 Å². The van der Waals surface area contributed by atoms with Crippen LogP contribution in [0.2, 0.25) is 0 Å². The molecule has 0 aromatic carbocycles. The molecule has 14 nitrogen and oxygen atoms in total. The number of carbonyl (C=O) groups excluding carboxylic acids is 1. The molecule has 568 valence electrons. The van der Waals surface area contributed by atoms with Gasteiger partial charge in [-0.15, -0.1) is 0 Å². The third-order valence-electron chi connectivity index (χ3n) is 18.6. The predicted molar refractivity (Wildman–Crippen MR) is 410 cm³/mol. The molecule has 0 bridgehead atoms. The lowest BCUT2D eigenvalue weighted by Crippen LogP contribution is -2.65. The average Bonchev–Trinajstić information content (AvgIpc) is 0.799. The summed E-state index contributed by atoms with van der Waals surface area (Å²) >= 11 is 0. The molecule has 14 heteroatoms. The quantitative estimate of drug-likeness (QED) is 0.0204. The Morgan fingerprint density at radius 3 is 1.07 bits per heavy atom. The molecule has 9 N–H and O–H groups in total. The highest BCUT2D eigenvalue weighted by Gasteiger charge is 2.51. The van der Waals surface area contributed by atoms with Gasteiger partial charge in [0.2, 0.25) is 5.91 Å². The van der Waals surface area contributed by atoms with Crippen molar-refractivity contribution in [3.63, 3.8) is 0 Å². The number of aliphatic hydroxyl groups excluding tert-OH is 8. The first kappa shape index (κ1) is 91.2. The second-order valence-corrected chi connectivity index (χ2v) is 27.5. The molecule has 0 radical (unpaired) electrons. The van der Waals surface area contributed by atoms with E-state index >= 15 is 0 Å². The summed E-state index contributed by atoms with van der Waals surface area (Å²) in [5, 5.41) is 87.7. The Morgan fingerprint density at radius 2 is 0.697 bits per heavy atom. The number of allylic oxidation sites excluding steroid dienone is 21. The lowest BCUT2D eigenvalue weighted by atomic mass is 9.97. The van der Waals surface area contributed by atoms with Crippen molar-refractivity contribution in [3.05, 3.63) is 134 Å². The molecule has 12 unspecified atom stereocenters. The standard InChI is InChI=1S/C85H145NO13/c1-3-5-7-9-11-13-15-17-19-21-23-25-27-29-31-33-35-36-37-38-39-41-43-45-47-49-51-53-55-57-59-61-63-65-67-69-77(90)86-73(72-96-84-82(95)80(93)83(76(71-88)98-84)99-85-81(94)79(92)78(91)75(70-87)97-85)74(89)68-66-64-62-60-58-56-54-52-50-48-46-44-42-40-34-32-30-28-26-24-22-20-18-16-14-12-10-8-6-4-2/h5,7,11,13,17,19,23,25,29,31,35-36,38-39,43,45,49,51,55,57,66,68,73-76,78-85,87-89,91-95H,3-4,6,8-10,12,14-16,18,20-22,24,26-28,30,32-34,37,40-42,44,46-48,50,52-54,56,58-65,67,69-72H2,1-2H3,(H,86,90)/b7-5-,13-11-,19-17-,25-23-,31-29-,36-35-,39-38-,45-43-,51-49-,57-55-,68-66+. The van der Waals surface area contributed by atoms with E-state index in [1.807, 2.05) is 6.08 Å². The molecule has 2 aliphatic heterocycles. The Balaban J connectivity index is 1.66. The van der Waals surface area contributed by atoms with Crippen LogP contribution in [0.1, 0.15) is 303 Å². The van der Waals surface area contributed by atoms with Crippen molar-refractivity contribution in [2.24, 2.45) is 0 Å². The zero-order valence-electron chi connectivity index (χ0n) is 62.2. The lowest BCUT2D eigenvalue weighted by Gasteiger charge is -2.46. The zero-order valence-corrected chi connectivity index (χ0v) is 62.2. The summed E-state index contributed by atoms with van der Waals surface area (Å²) in [4.78, 5) is 13.4. The average molecular weight is 1390 g/mol. The number of ether oxygens (including phenoxy) is 4. The van der Waals surface area contributed by atoms with E-state index in [9.17, 15) is 45.6 Å². The number of amides is 1. The number of hydrogen-bond donors (Lipinski definition) is 9. The summed E-state index contributed by atoms with van der Waals surface area (Å²) in [5.41, 5.74) is 0. The maximum absolute atomic E-state index is 13.4. The highest BCUT2D eigenvalue weighted by atomic mass is 16.7. The molecular formula is C85H145NO13. The highest BCUT2D eigenvalue weighted by molar-refractivity contribution is 5.76. The van der Waals surface area contributed by atoms with Gasteiger partial charge in [-0.3, -0.25) is 4.79 Å². The van der Waals surface area contributed by atoms with Gasteiger partial charge in [-0.25, -0.2) is 0 Å². The second-order valence-electron chi connectivity index (χ2n) is 27.5. The van der Waals surface area contributed by atoms with Gasteiger partial charge in [-0.05, 0) is 96.3 Å². The van der Waals surface area contributed by atoms with E-state index in [1.54, 1.807) is 6.08 Å². The van der Waals surface area contributed by atoms with E-state index in [2.05, 4.69) is 141 Å². The Kier molecular flexibility index (Phi) is 62.0. The van der Waals surface area contributed by atoms with Crippen molar-refractivity contribution in [3.8, 4) is 0 Å². The molecule has 99 heavy (non-hydrogen) atoms. The fourth-order valence-corrected chi connectivity index (χ4v) is 12.3. The van der Waals surface area contributed by atoms with Crippen LogP contribution in [0.5, 0.6) is 0 Å². The van der Waals surface area contributed by atoms with E-state index in [4.69, 9.17) is 18.9 Å². The fraction of sp³-hybridized carbons (Fsp3) is 0.729. The number of hydrogen-bond acceptors (Lipinski definition) is 13. The number of rotatable bonds is 65. The van der Waals surface area contributed by atoms with Gasteiger partial charge >= 0.3 is 0 Å². The number of carbonyl (C=O) groups is 1. The monoisotopic (exact) mass is 1390 g/mol. The first-order valence-corrected chi connectivity index (χ1v) is 39.9. The Bertz CT molecular complexity index is 2180. The number of aliphatic hydroxyl groups is 8. The Labute approximate surface area is 602 Å². The maximum Gasteiger partial charge on any atom is 0.220 e. The normalized spacial score (nSPS) is 22.7. The minimum atomic E-state index is -1.80. The molecule has 0 aromatic heterocycles. The first-order chi connectivity index (χ1) is 48.6. The van der Waals surface area contributed by atoms with E-state index in [-0.39, 0.29) is 18.9 Å². The molecule has 12 atom stereocenters. The van der Waals surface area contributed by atoms with E-state index in [1.165, 1.54) is 167 Å². The highest BCUT2D eigenvalue weighted by Crippen LogP contribution is 2.30. The molecular weight excluding hydrogens is 1240 g/mol. The minimum absolute atomic E-state index is 0.243. The third kappa shape index (κ3) is 50.2. The van der Waals surface area contributed by atoms with Gasteiger partial charge in [-0.1, -0.05) is 334 Å². The largest absolute Gasteiger partial charge is 0.394 e. The van der Waals surface area contributed by atoms with Gasteiger partial charge < -0.3 is 65.1 Å². The van der Waals surface area contributed by atoms with Crippen LogP contribution in [0.4, 0.5) is 0 Å². The van der Waals surface area contributed by atoms with Crippen molar-refractivity contribution in [1.82, 2.24) is 5.32 Å². The van der Waals surface area contributed by atoms with Gasteiger partial charge in [-0.2, -0.15) is 0 Å². The Morgan fingerprint density at radius 1 is 0.374 bits per heavy atom. The minimum Gasteiger partial charge on any atom is -0.394 e. The van der Waals surface area contributed by atoms with Crippen LogP contribution in [-0.2, 0) is 23.7 Å². The van der Waals surface area contributed by atoms with Gasteiger partial charge in [0, 0.05) is 6.42 Å². The molecule has 1 amide bonds. The molecule has 2 aliphatic rings. The molecule has 0 aromatic rings. The topological polar surface area (TPSA) is 228 Å². The van der Waals surface area contributed by atoms with Crippen LogP contribution >= 0.6 is 0 Å². The summed E-state index contributed by atoms with van der Waals surface area (Å²) in [7, 11) is 0. The molecule has 0 saturated carbocycles. The van der Waals surface area contributed by atoms with Gasteiger partial charge in [0.1, 0.15) is 48.8 Å². The van der Waals surface area contributed by atoms with Crippen LogP contribution in [-0.4, -0.2) is 140 Å². The van der Waals surface area contributed by atoms with Crippen molar-refractivity contribution in [2.45, 2.75) is 376 Å².